The second-order valence-electron chi connectivity index (χ2n) is 2.25. The van der Waals surface area contributed by atoms with Gasteiger partial charge in [-0.25, -0.2) is 8.42 Å². The summed E-state index contributed by atoms with van der Waals surface area (Å²) < 4.78 is 29.9. The van der Waals surface area contributed by atoms with Gasteiger partial charge in [0, 0.05) is 5.75 Å². The molecule has 4 nitrogen and oxygen atoms in total. The SMILES string of the molecule is CC(O)CCCS(=O)(=O)[O-].[Na+]. The molecule has 62 valence electrons. The smallest absolute Gasteiger partial charge is 0.748 e. The zero-order valence-electron chi connectivity index (χ0n) is 6.78. The van der Waals surface area contributed by atoms with Crippen LogP contribution in [0, 0.1) is 0 Å². The van der Waals surface area contributed by atoms with Crippen molar-refractivity contribution in [2.45, 2.75) is 25.9 Å². The van der Waals surface area contributed by atoms with Crippen molar-refractivity contribution in [2.75, 3.05) is 5.75 Å². The van der Waals surface area contributed by atoms with Crippen LogP contribution < -0.4 is 29.6 Å². The first-order chi connectivity index (χ1) is 4.42. The summed E-state index contributed by atoms with van der Waals surface area (Å²) in [6, 6.07) is 0. The van der Waals surface area contributed by atoms with Gasteiger partial charge in [-0.15, -0.1) is 0 Å². The first-order valence-electron chi connectivity index (χ1n) is 3.03. The van der Waals surface area contributed by atoms with E-state index < -0.39 is 16.2 Å². The van der Waals surface area contributed by atoms with E-state index in [4.69, 9.17) is 5.11 Å². The third-order valence-corrected chi connectivity index (χ3v) is 1.80. The molecule has 0 bridgehead atoms. The second kappa shape index (κ2) is 6.39. The molecule has 6 heteroatoms. The molecule has 0 amide bonds. The van der Waals surface area contributed by atoms with Gasteiger partial charge in [0.25, 0.3) is 0 Å². The predicted molar refractivity (Wildman–Crippen MR) is 35.5 cm³/mol. The van der Waals surface area contributed by atoms with Gasteiger partial charge in [0.1, 0.15) is 0 Å². The summed E-state index contributed by atoms with van der Waals surface area (Å²) >= 11 is 0. The fourth-order valence-electron chi connectivity index (χ4n) is 0.556. The Bertz CT molecular complexity index is 175. The van der Waals surface area contributed by atoms with Crippen molar-refractivity contribution in [3.8, 4) is 0 Å². The van der Waals surface area contributed by atoms with Crippen LogP contribution in [0.4, 0.5) is 0 Å². The Kier molecular flexibility index (Phi) is 8.37. The van der Waals surface area contributed by atoms with Crippen LogP contribution in [0.2, 0.25) is 0 Å². The Balaban J connectivity index is 0. The van der Waals surface area contributed by atoms with Gasteiger partial charge in [-0.3, -0.25) is 0 Å². The molecule has 0 aromatic rings. The maximum Gasteiger partial charge on any atom is 1.00 e. The molecule has 0 aliphatic rings. The molecule has 0 aliphatic heterocycles. The minimum atomic E-state index is -4.08. The Labute approximate surface area is 89.0 Å². The van der Waals surface area contributed by atoms with Crippen molar-refractivity contribution < 1.29 is 47.6 Å². The van der Waals surface area contributed by atoms with E-state index in [-0.39, 0.29) is 41.7 Å². The molecule has 1 atom stereocenters. The molecule has 0 radical (unpaired) electrons. The van der Waals surface area contributed by atoms with Crippen molar-refractivity contribution in [3.63, 3.8) is 0 Å². The van der Waals surface area contributed by atoms with E-state index in [1.165, 1.54) is 0 Å². The third-order valence-electron chi connectivity index (χ3n) is 1.02. The Morgan fingerprint density at radius 3 is 2.27 bits per heavy atom. The zero-order valence-corrected chi connectivity index (χ0v) is 9.60. The van der Waals surface area contributed by atoms with E-state index in [1.807, 2.05) is 0 Å². The number of aliphatic hydroxyl groups excluding tert-OH is 1. The summed E-state index contributed by atoms with van der Waals surface area (Å²) in [6.45, 7) is 1.55. The van der Waals surface area contributed by atoms with E-state index in [2.05, 4.69) is 0 Å². The zero-order chi connectivity index (χ0) is 8.20. The summed E-state index contributed by atoms with van der Waals surface area (Å²) in [5.74, 6) is -0.377. The molecule has 0 fully saturated rings. The summed E-state index contributed by atoms with van der Waals surface area (Å²) in [4.78, 5) is 0. The molecule has 11 heavy (non-hydrogen) atoms. The molecule has 0 aliphatic carbocycles. The molecule has 0 spiro atoms. The fraction of sp³-hybridized carbons (Fsp3) is 1.00. The molecule has 0 aromatic carbocycles. The van der Waals surface area contributed by atoms with Crippen LogP contribution >= 0.6 is 0 Å². The topological polar surface area (TPSA) is 77.4 Å². The average Bonchev–Trinajstić information content (AvgIpc) is 1.59. The maximum atomic E-state index is 9.98. The van der Waals surface area contributed by atoms with Crippen LogP contribution in [0.15, 0.2) is 0 Å². The van der Waals surface area contributed by atoms with Gasteiger partial charge >= 0.3 is 29.6 Å². The summed E-state index contributed by atoms with van der Waals surface area (Å²) in [6.07, 6.45) is 0.0760. The molecular weight excluding hydrogens is 179 g/mol. The van der Waals surface area contributed by atoms with Gasteiger partial charge < -0.3 is 9.66 Å². The molecule has 0 heterocycles. The summed E-state index contributed by atoms with van der Waals surface area (Å²) in [5, 5.41) is 8.65. The first kappa shape index (κ1) is 14.4. The van der Waals surface area contributed by atoms with E-state index in [0.717, 1.165) is 0 Å². The number of aliphatic hydroxyl groups is 1. The van der Waals surface area contributed by atoms with Crippen molar-refractivity contribution >= 4 is 10.1 Å². The standard InChI is InChI=1S/C5H12O4S.Na/c1-5(6)3-2-4-10(7,8)9;/h5-6H,2-4H2,1H3,(H,7,8,9);/q;+1/p-1. The molecular formula is C5H11NaO4S. The second-order valence-corrected chi connectivity index (χ2v) is 3.78. The largest absolute Gasteiger partial charge is 1.00 e. The predicted octanol–water partition coefficient (Wildman–Crippen LogP) is -3.30. The molecule has 0 saturated carbocycles. The van der Waals surface area contributed by atoms with Gasteiger partial charge in [-0.2, -0.15) is 0 Å². The van der Waals surface area contributed by atoms with Gasteiger partial charge in [0.15, 0.2) is 0 Å². The van der Waals surface area contributed by atoms with Crippen LogP contribution in [0.3, 0.4) is 0 Å². The van der Waals surface area contributed by atoms with Crippen LogP contribution in [0.1, 0.15) is 19.8 Å². The summed E-state index contributed by atoms with van der Waals surface area (Å²) in [7, 11) is -4.08. The van der Waals surface area contributed by atoms with Crippen molar-refractivity contribution in [2.24, 2.45) is 0 Å². The van der Waals surface area contributed by atoms with Crippen molar-refractivity contribution in [1.29, 1.82) is 0 Å². The third kappa shape index (κ3) is 13.8. The van der Waals surface area contributed by atoms with E-state index in [1.54, 1.807) is 6.92 Å². The average molecular weight is 190 g/mol. The normalized spacial score (nSPS) is 13.7. The number of rotatable bonds is 4. The van der Waals surface area contributed by atoms with Gasteiger partial charge in [-0.05, 0) is 19.8 Å². The van der Waals surface area contributed by atoms with Crippen LogP contribution in [-0.2, 0) is 10.1 Å². The van der Waals surface area contributed by atoms with E-state index >= 15 is 0 Å². The summed E-state index contributed by atoms with van der Waals surface area (Å²) in [5.41, 5.74) is 0. The molecule has 0 rings (SSSR count). The Morgan fingerprint density at radius 2 is 2.00 bits per heavy atom. The number of hydrogen-bond donors (Lipinski definition) is 1. The Hall–Kier alpha value is 0.870. The molecule has 0 aromatic heterocycles. The molecule has 1 unspecified atom stereocenters. The van der Waals surface area contributed by atoms with Gasteiger partial charge in [-0.1, -0.05) is 0 Å². The van der Waals surface area contributed by atoms with Crippen LogP contribution in [-0.4, -0.2) is 29.9 Å². The van der Waals surface area contributed by atoms with Gasteiger partial charge in [0.2, 0.25) is 0 Å². The quantitative estimate of drug-likeness (QED) is 0.372. The van der Waals surface area contributed by atoms with Crippen LogP contribution in [0.25, 0.3) is 0 Å². The minimum Gasteiger partial charge on any atom is -0.748 e. The first-order valence-corrected chi connectivity index (χ1v) is 4.61. The van der Waals surface area contributed by atoms with Crippen molar-refractivity contribution in [1.82, 2.24) is 0 Å². The van der Waals surface area contributed by atoms with Crippen molar-refractivity contribution in [3.05, 3.63) is 0 Å². The minimum absolute atomic E-state index is 0. The van der Waals surface area contributed by atoms with Gasteiger partial charge in [0.05, 0.1) is 16.2 Å². The Morgan fingerprint density at radius 1 is 1.55 bits per heavy atom. The fourth-order valence-corrected chi connectivity index (χ4v) is 1.08. The van der Waals surface area contributed by atoms with Crippen LogP contribution in [0.5, 0.6) is 0 Å². The van der Waals surface area contributed by atoms with E-state index in [0.29, 0.717) is 6.42 Å². The maximum absolute atomic E-state index is 9.98. The molecule has 1 N–H and O–H groups in total. The van der Waals surface area contributed by atoms with E-state index in [9.17, 15) is 13.0 Å². The monoisotopic (exact) mass is 190 g/mol. The number of hydrogen-bond acceptors (Lipinski definition) is 4. The molecule has 0 saturated heterocycles.